The van der Waals surface area contributed by atoms with Gasteiger partial charge in [0.25, 0.3) is 0 Å². The molecule has 250 valence electrons. The maximum absolute atomic E-state index is 13.9. The van der Waals surface area contributed by atoms with Crippen molar-refractivity contribution in [3.63, 3.8) is 0 Å². The molecule has 3 N–H and O–H groups in total. The van der Waals surface area contributed by atoms with Gasteiger partial charge < -0.3 is 25.4 Å². The van der Waals surface area contributed by atoms with Gasteiger partial charge in [0, 0.05) is 30.3 Å². The van der Waals surface area contributed by atoms with E-state index in [1.807, 2.05) is 12.1 Å². The number of aliphatic carboxylic acids is 1. The molecule has 3 aliphatic heterocycles. The Morgan fingerprint density at radius 2 is 1.93 bits per heavy atom. The quantitative estimate of drug-likeness (QED) is 0.401. The molecular formula is C31H36ClF3N4O7. The number of ether oxygens (including phenoxy) is 1. The van der Waals surface area contributed by atoms with Gasteiger partial charge in [-0.1, -0.05) is 48.7 Å². The fourth-order valence-electron chi connectivity index (χ4n) is 6.40. The number of nitrogens with zero attached hydrogens (tertiary/aromatic N) is 2. The van der Waals surface area contributed by atoms with Crippen molar-refractivity contribution in [1.82, 2.24) is 20.4 Å². The van der Waals surface area contributed by atoms with E-state index in [4.69, 9.17) is 16.3 Å². The van der Waals surface area contributed by atoms with E-state index in [0.29, 0.717) is 30.7 Å². The molecule has 0 unspecified atom stereocenters. The highest BCUT2D eigenvalue weighted by Crippen LogP contribution is 2.45. The Hall–Kier alpha value is -3.81. The molecule has 4 aliphatic rings. The predicted molar refractivity (Wildman–Crippen MR) is 157 cm³/mol. The lowest BCUT2D eigenvalue weighted by molar-refractivity contribution is -0.147. The van der Waals surface area contributed by atoms with Crippen LogP contribution in [0.4, 0.5) is 18.0 Å². The standard InChI is InChI=1S/C31H36ClF3N4O7/c32-22-9-6-7-18-15-38(17-21(18)22)29(45)46-20-13-24-26(41)37-30(28(43)44)14-19(30)8-4-2-1-3-5-10-23(27(42)39(24)16-20)36-25(40)11-12-31(33,34)35/h4,6-9,19-20,23-24H,1-3,5,10-17H2,(H,36,40)(H,37,41)(H,43,44)/t19-,20-,23+,24+,30-/m1/s1. The zero-order valence-electron chi connectivity index (χ0n) is 25.0. The highest BCUT2D eigenvalue weighted by atomic mass is 35.5. The van der Waals surface area contributed by atoms with Gasteiger partial charge in [0.05, 0.1) is 19.5 Å². The van der Waals surface area contributed by atoms with E-state index < -0.39 is 78.4 Å². The fourth-order valence-corrected chi connectivity index (χ4v) is 6.65. The molecule has 1 saturated heterocycles. The van der Waals surface area contributed by atoms with E-state index in [2.05, 4.69) is 10.6 Å². The van der Waals surface area contributed by atoms with Gasteiger partial charge in [0.15, 0.2) is 0 Å². The zero-order valence-corrected chi connectivity index (χ0v) is 25.7. The fraction of sp³-hybridized carbons (Fsp3) is 0.581. The highest BCUT2D eigenvalue weighted by Gasteiger charge is 2.61. The second-order valence-corrected chi connectivity index (χ2v) is 12.8. The van der Waals surface area contributed by atoms with E-state index in [0.717, 1.165) is 16.0 Å². The third kappa shape index (κ3) is 7.59. The number of fused-ring (bicyclic) bond motifs is 3. The molecule has 5 atom stereocenters. The summed E-state index contributed by atoms with van der Waals surface area (Å²) in [6, 6.07) is 2.83. The number of carbonyl (C=O) groups is 5. The Bertz CT molecular complexity index is 1420. The molecule has 0 radical (unpaired) electrons. The minimum absolute atomic E-state index is 0.115. The highest BCUT2D eigenvalue weighted by molar-refractivity contribution is 6.31. The van der Waals surface area contributed by atoms with Crippen molar-refractivity contribution in [2.24, 2.45) is 5.92 Å². The summed E-state index contributed by atoms with van der Waals surface area (Å²) < 4.78 is 44.1. The van der Waals surface area contributed by atoms with Crippen molar-refractivity contribution in [3.05, 3.63) is 46.5 Å². The van der Waals surface area contributed by atoms with E-state index in [-0.39, 0.29) is 38.9 Å². The molecule has 1 aromatic rings. The van der Waals surface area contributed by atoms with Crippen LogP contribution in [0.1, 0.15) is 68.9 Å². The van der Waals surface area contributed by atoms with Crippen molar-refractivity contribution in [1.29, 1.82) is 0 Å². The van der Waals surface area contributed by atoms with Gasteiger partial charge in [-0.05, 0) is 42.9 Å². The molecule has 0 aromatic heterocycles. The number of hydrogen-bond donors (Lipinski definition) is 3. The van der Waals surface area contributed by atoms with Gasteiger partial charge in [-0.25, -0.2) is 9.59 Å². The molecule has 0 spiro atoms. The molecule has 46 heavy (non-hydrogen) atoms. The van der Waals surface area contributed by atoms with Crippen molar-refractivity contribution in [2.75, 3.05) is 6.54 Å². The summed E-state index contributed by atoms with van der Waals surface area (Å²) in [5.74, 6) is -4.10. The number of carboxylic acid groups (broad SMARTS) is 1. The minimum Gasteiger partial charge on any atom is -0.479 e. The van der Waals surface area contributed by atoms with Crippen LogP contribution in [-0.2, 0) is 37.0 Å². The van der Waals surface area contributed by atoms with E-state index in [1.165, 1.54) is 4.90 Å². The molecule has 15 heteroatoms. The summed E-state index contributed by atoms with van der Waals surface area (Å²) in [7, 11) is 0. The first kappa shape index (κ1) is 33.6. The number of allylic oxidation sites excluding steroid dienone is 1. The van der Waals surface area contributed by atoms with Crippen LogP contribution in [0.5, 0.6) is 0 Å². The monoisotopic (exact) mass is 668 g/mol. The van der Waals surface area contributed by atoms with Crippen molar-refractivity contribution < 1.29 is 47.0 Å². The topological polar surface area (TPSA) is 145 Å². The number of alkyl halides is 3. The third-order valence-electron chi connectivity index (χ3n) is 9.04. The summed E-state index contributed by atoms with van der Waals surface area (Å²) in [5.41, 5.74) is 0.0864. The SMILES string of the molecule is O=C(CCC(F)(F)F)N[C@H]1CCCCCC=C[C@@H]2C[C@@]2(C(=O)O)NC(=O)[C@@H]2C[C@@H](OC(=O)N3Cc4cccc(Cl)c4C3)CN2C1=O. The number of rotatable bonds is 5. The molecule has 5 rings (SSSR count). The first-order valence-corrected chi connectivity index (χ1v) is 15.8. The summed E-state index contributed by atoms with van der Waals surface area (Å²) in [4.78, 5) is 68.1. The third-order valence-corrected chi connectivity index (χ3v) is 9.40. The van der Waals surface area contributed by atoms with Crippen molar-refractivity contribution in [2.45, 2.75) is 101 Å². The van der Waals surface area contributed by atoms with Gasteiger partial charge in [0.2, 0.25) is 17.7 Å². The molecule has 3 heterocycles. The molecular weight excluding hydrogens is 633 g/mol. The predicted octanol–water partition coefficient (Wildman–Crippen LogP) is 4.07. The van der Waals surface area contributed by atoms with Crippen LogP contribution >= 0.6 is 11.6 Å². The van der Waals surface area contributed by atoms with Crippen molar-refractivity contribution in [3.8, 4) is 0 Å². The Kier molecular flexibility index (Phi) is 9.85. The number of nitrogens with one attached hydrogen (secondary N) is 2. The van der Waals surface area contributed by atoms with Gasteiger partial charge >= 0.3 is 18.2 Å². The lowest BCUT2D eigenvalue weighted by Crippen LogP contribution is -2.56. The Balaban J connectivity index is 1.36. The molecule has 1 aromatic carbocycles. The first-order valence-electron chi connectivity index (χ1n) is 15.4. The Morgan fingerprint density at radius 3 is 2.65 bits per heavy atom. The van der Waals surface area contributed by atoms with Crippen LogP contribution in [0.2, 0.25) is 5.02 Å². The van der Waals surface area contributed by atoms with Crippen LogP contribution in [-0.4, -0.2) is 81.1 Å². The maximum atomic E-state index is 13.9. The average molecular weight is 669 g/mol. The number of carboxylic acids is 1. The largest absolute Gasteiger partial charge is 0.479 e. The molecule has 2 fully saturated rings. The minimum atomic E-state index is -4.56. The van der Waals surface area contributed by atoms with E-state index >= 15 is 0 Å². The zero-order chi connectivity index (χ0) is 33.2. The van der Waals surface area contributed by atoms with Crippen LogP contribution in [0.15, 0.2) is 30.4 Å². The smallest absolute Gasteiger partial charge is 0.410 e. The molecule has 11 nitrogen and oxygen atoms in total. The Labute approximate surface area is 268 Å². The second kappa shape index (κ2) is 13.5. The molecule has 4 amide bonds. The number of halogens is 4. The van der Waals surface area contributed by atoms with Crippen LogP contribution in [0.25, 0.3) is 0 Å². The molecule has 0 bridgehead atoms. The number of carbonyl (C=O) groups excluding carboxylic acids is 4. The Morgan fingerprint density at radius 1 is 1.15 bits per heavy atom. The van der Waals surface area contributed by atoms with Crippen LogP contribution < -0.4 is 10.6 Å². The van der Waals surface area contributed by atoms with Gasteiger partial charge in [-0.3, -0.25) is 19.3 Å². The van der Waals surface area contributed by atoms with E-state index in [1.54, 1.807) is 18.2 Å². The van der Waals surface area contributed by atoms with Gasteiger partial charge in [-0.2, -0.15) is 13.2 Å². The van der Waals surface area contributed by atoms with Crippen LogP contribution in [0, 0.1) is 5.92 Å². The lowest BCUT2D eigenvalue weighted by atomic mass is 10.0. The van der Waals surface area contributed by atoms with Gasteiger partial charge in [0.1, 0.15) is 23.7 Å². The normalized spacial score (nSPS) is 28.3. The van der Waals surface area contributed by atoms with E-state index in [9.17, 15) is 42.3 Å². The molecule has 1 saturated carbocycles. The van der Waals surface area contributed by atoms with Gasteiger partial charge in [-0.15, -0.1) is 0 Å². The number of benzene rings is 1. The van der Waals surface area contributed by atoms with Crippen molar-refractivity contribution >= 4 is 41.4 Å². The second-order valence-electron chi connectivity index (χ2n) is 12.4. The summed E-state index contributed by atoms with van der Waals surface area (Å²) in [6.45, 7) is 0.216. The molecule has 1 aliphatic carbocycles. The summed E-state index contributed by atoms with van der Waals surface area (Å²) >= 11 is 6.28. The lowest BCUT2D eigenvalue weighted by Gasteiger charge is -2.29. The summed E-state index contributed by atoms with van der Waals surface area (Å²) in [6.07, 6.45) is -2.24. The maximum Gasteiger partial charge on any atom is 0.410 e. The summed E-state index contributed by atoms with van der Waals surface area (Å²) in [5, 5.41) is 15.5. The number of amides is 4. The van der Waals surface area contributed by atoms with Crippen LogP contribution in [0.3, 0.4) is 0 Å². The average Bonchev–Trinajstić information content (AvgIpc) is 3.30. The number of hydrogen-bond acceptors (Lipinski definition) is 6. The first-order chi connectivity index (χ1) is 21.8.